The van der Waals surface area contributed by atoms with Crippen molar-refractivity contribution in [3.8, 4) is 0 Å². The zero-order valence-electron chi connectivity index (χ0n) is 25.0. The molecule has 0 aromatic rings. The van der Waals surface area contributed by atoms with Gasteiger partial charge in [-0.25, -0.2) is 0 Å². The lowest BCUT2D eigenvalue weighted by Gasteiger charge is -2.63. The van der Waals surface area contributed by atoms with Crippen molar-refractivity contribution in [3.05, 3.63) is 0 Å². The van der Waals surface area contributed by atoms with Gasteiger partial charge in [0.25, 0.3) is 10.1 Å². The number of carbonyl (C=O) groups is 1. The minimum Gasteiger partial charge on any atom is -0.393 e. The van der Waals surface area contributed by atoms with Crippen LogP contribution in [0.15, 0.2) is 0 Å². The molecule has 5 N–H and O–H groups in total. The van der Waals surface area contributed by atoms with Crippen LogP contribution in [0.25, 0.3) is 0 Å². The monoisotopic (exact) mass is 519 g/mol. The summed E-state index contributed by atoms with van der Waals surface area (Å²) < 4.78 is 64.7. The standard InChI is InChI=1S/C26H45NO7S/c1-15(4-7-21(29)27-12-13-35(32,33)34)17-5-6-18-22-19(9-11-25(17,18)2)26(3)10-8-16(28)14-20(26)23(30)24(22)31/h15-20,22-24,28,30-31H,4-14H2,1-3H3,(H,27,29)(H,32,33,34)/t15-,16-,17-,18+,19+,20+,22+,23+,24-,25-,26-/m1/s1/i8D2,14D2. The van der Waals surface area contributed by atoms with E-state index in [0.29, 0.717) is 12.8 Å². The number of hydrogen-bond acceptors (Lipinski definition) is 6. The molecule has 0 bridgehead atoms. The molecule has 8 nitrogen and oxygen atoms in total. The largest absolute Gasteiger partial charge is 0.393 e. The normalized spacial score (nSPS) is 50.8. The van der Waals surface area contributed by atoms with Crippen molar-refractivity contribution in [2.45, 2.75) is 96.8 Å². The van der Waals surface area contributed by atoms with Crippen molar-refractivity contribution >= 4 is 16.0 Å². The Balaban J connectivity index is 1.50. The molecule has 4 aliphatic rings. The molecule has 1 amide bonds. The highest BCUT2D eigenvalue weighted by Crippen LogP contribution is 2.68. The van der Waals surface area contributed by atoms with E-state index in [1.54, 1.807) is 0 Å². The van der Waals surface area contributed by atoms with Crippen LogP contribution in [0.2, 0.25) is 0 Å². The fraction of sp³-hybridized carbons (Fsp3) is 0.962. The van der Waals surface area contributed by atoms with Gasteiger partial charge in [-0.2, -0.15) is 8.42 Å². The molecule has 4 rings (SSSR count). The van der Waals surface area contributed by atoms with E-state index in [2.05, 4.69) is 19.2 Å². The number of carbonyl (C=O) groups excluding carboxylic acids is 1. The number of amides is 1. The fourth-order valence-electron chi connectivity index (χ4n) is 8.50. The van der Waals surface area contributed by atoms with Gasteiger partial charge >= 0.3 is 0 Å². The predicted molar refractivity (Wildman–Crippen MR) is 132 cm³/mol. The maximum Gasteiger partial charge on any atom is 0.266 e. The lowest BCUT2D eigenvalue weighted by molar-refractivity contribution is -0.223. The molecule has 0 spiro atoms. The topological polar surface area (TPSA) is 144 Å². The number of fused-ring (bicyclic) bond motifs is 5. The van der Waals surface area contributed by atoms with E-state index in [1.165, 1.54) is 0 Å². The summed E-state index contributed by atoms with van der Waals surface area (Å²) >= 11 is 0. The van der Waals surface area contributed by atoms with Crippen LogP contribution in [0.1, 0.15) is 83.9 Å². The van der Waals surface area contributed by atoms with E-state index < -0.39 is 58.3 Å². The molecule has 0 aliphatic heterocycles. The van der Waals surface area contributed by atoms with Crippen LogP contribution in [0.5, 0.6) is 0 Å². The van der Waals surface area contributed by atoms with Crippen molar-refractivity contribution in [2.24, 2.45) is 46.3 Å². The van der Waals surface area contributed by atoms with Crippen LogP contribution in [0, 0.1) is 46.3 Å². The highest BCUT2D eigenvalue weighted by Gasteiger charge is 2.65. The molecule has 35 heavy (non-hydrogen) atoms. The summed E-state index contributed by atoms with van der Waals surface area (Å²) in [6.45, 7) is 6.01. The first-order chi connectivity index (χ1) is 17.8. The lowest BCUT2D eigenvalue weighted by Crippen LogP contribution is -2.64. The maximum absolute atomic E-state index is 12.2. The molecule has 0 saturated heterocycles. The Bertz CT molecular complexity index is 1060. The summed E-state index contributed by atoms with van der Waals surface area (Å²) in [7, 11) is -4.14. The molecule has 0 aromatic heterocycles. The van der Waals surface area contributed by atoms with Crippen LogP contribution in [-0.4, -0.2) is 64.8 Å². The molecule has 0 unspecified atom stereocenters. The van der Waals surface area contributed by atoms with E-state index in [4.69, 9.17) is 10.0 Å². The third-order valence-corrected chi connectivity index (χ3v) is 11.0. The average Bonchev–Trinajstić information content (AvgIpc) is 3.15. The molecule has 11 atom stereocenters. The Morgan fingerprint density at radius 3 is 2.43 bits per heavy atom. The van der Waals surface area contributed by atoms with Crippen LogP contribution in [0.4, 0.5) is 0 Å². The zero-order chi connectivity index (χ0) is 29.3. The minimum atomic E-state index is -4.14. The first-order valence-electron chi connectivity index (χ1n) is 15.0. The van der Waals surface area contributed by atoms with Gasteiger partial charge in [0, 0.05) is 18.4 Å². The van der Waals surface area contributed by atoms with Crippen LogP contribution in [-0.2, 0) is 14.9 Å². The van der Waals surface area contributed by atoms with Crippen LogP contribution < -0.4 is 5.32 Å². The third kappa shape index (κ3) is 5.05. The van der Waals surface area contributed by atoms with E-state index in [9.17, 15) is 28.5 Å². The van der Waals surface area contributed by atoms with E-state index in [1.807, 2.05) is 6.92 Å². The first kappa shape index (κ1) is 22.3. The van der Waals surface area contributed by atoms with E-state index in [0.717, 1.165) is 19.3 Å². The molecule has 4 fully saturated rings. The van der Waals surface area contributed by atoms with Crippen LogP contribution >= 0.6 is 0 Å². The van der Waals surface area contributed by atoms with Gasteiger partial charge in [0.05, 0.1) is 24.1 Å². The Labute approximate surface area is 215 Å². The highest BCUT2D eigenvalue weighted by molar-refractivity contribution is 7.85. The van der Waals surface area contributed by atoms with Crippen molar-refractivity contribution < 1.29 is 38.6 Å². The second-order valence-electron chi connectivity index (χ2n) is 12.1. The Morgan fingerprint density at radius 2 is 1.74 bits per heavy atom. The molecule has 4 saturated carbocycles. The van der Waals surface area contributed by atoms with Gasteiger partial charge in [0.15, 0.2) is 0 Å². The van der Waals surface area contributed by atoms with Gasteiger partial charge in [0.1, 0.15) is 0 Å². The molecule has 0 heterocycles. The van der Waals surface area contributed by atoms with Crippen molar-refractivity contribution in [3.63, 3.8) is 0 Å². The Kier molecular flexibility index (Phi) is 6.27. The SMILES string of the molecule is [2H]C1([2H])C[C@@]2(C)[C@H]([C@H](O)[C@H](O)[C@@H]3[C@@H]2CC[C@]2(C)[C@@H]([C@H](C)CCC(=O)NCCS(=O)(=O)O)CC[C@@H]32)C([2H])([2H])[C@@H]1O. The summed E-state index contributed by atoms with van der Waals surface area (Å²) in [5.41, 5.74) is -1.10. The molecular formula is C26H45NO7S. The third-order valence-electron chi connectivity index (χ3n) is 10.3. The zero-order valence-corrected chi connectivity index (χ0v) is 21.8. The van der Waals surface area contributed by atoms with Crippen molar-refractivity contribution in [1.29, 1.82) is 0 Å². The summed E-state index contributed by atoms with van der Waals surface area (Å²) in [5.74, 6) is -1.92. The summed E-state index contributed by atoms with van der Waals surface area (Å²) in [6, 6.07) is 0. The summed E-state index contributed by atoms with van der Waals surface area (Å²) in [4.78, 5) is 12.2. The highest BCUT2D eigenvalue weighted by atomic mass is 32.2. The molecular weight excluding hydrogens is 470 g/mol. The second kappa shape index (κ2) is 9.86. The van der Waals surface area contributed by atoms with Crippen molar-refractivity contribution in [2.75, 3.05) is 12.3 Å². The number of nitrogens with one attached hydrogen (secondary N) is 1. The minimum absolute atomic E-state index is 0.0540. The molecule has 0 radical (unpaired) electrons. The molecule has 202 valence electrons. The van der Waals surface area contributed by atoms with Gasteiger partial charge in [-0.3, -0.25) is 9.35 Å². The summed E-state index contributed by atoms with van der Waals surface area (Å²) in [6.07, 6.45) is -5.10. The first-order valence-corrected chi connectivity index (χ1v) is 14.6. The smallest absolute Gasteiger partial charge is 0.266 e. The van der Waals surface area contributed by atoms with E-state index >= 15 is 0 Å². The summed E-state index contributed by atoms with van der Waals surface area (Å²) in [5, 5.41) is 35.9. The molecule has 4 aliphatic carbocycles. The predicted octanol–water partition coefficient (Wildman–Crippen LogP) is 2.37. The lowest BCUT2D eigenvalue weighted by atomic mass is 9.43. The average molecular weight is 520 g/mol. The molecule has 0 aromatic carbocycles. The quantitative estimate of drug-likeness (QED) is 0.325. The molecule has 9 heteroatoms. The second-order valence-corrected chi connectivity index (χ2v) is 13.7. The van der Waals surface area contributed by atoms with Gasteiger partial charge in [-0.05, 0) is 97.6 Å². The van der Waals surface area contributed by atoms with Gasteiger partial charge in [0.2, 0.25) is 5.91 Å². The Morgan fingerprint density at radius 1 is 1.06 bits per heavy atom. The number of hydrogen-bond donors (Lipinski definition) is 5. The van der Waals surface area contributed by atoms with Gasteiger partial charge < -0.3 is 20.6 Å². The number of aliphatic hydroxyl groups is 3. The number of aliphatic hydroxyl groups excluding tert-OH is 3. The number of rotatable bonds is 7. The Hall–Kier alpha value is -0.740. The van der Waals surface area contributed by atoms with Gasteiger partial charge in [-0.15, -0.1) is 0 Å². The van der Waals surface area contributed by atoms with Crippen LogP contribution in [0.3, 0.4) is 0 Å². The van der Waals surface area contributed by atoms with Gasteiger partial charge in [-0.1, -0.05) is 20.8 Å². The fourth-order valence-corrected chi connectivity index (χ4v) is 8.86. The maximum atomic E-state index is 12.2. The van der Waals surface area contributed by atoms with Crippen molar-refractivity contribution in [1.82, 2.24) is 5.32 Å². The van der Waals surface area contributed by atoms with E-state index in [-0.39, 0.29) is 60.3 Å².